The summed E-state index contributed by atoms with van der Waals surface area (Å²) < 4.78 is 0. The fourth-order valence-electron chi connectivity index (χ4n) is 7.57. The molecular weight excluding hydrogens is 934 g/mol. The third-order valence-corrected chi connectivity index (χ3v) is 10.9. The van der Waals surface area contributed by atoms with Gasteiger partial charge < -0.3 is 45.1 Å². The van der Waals surface area contributed by atoms with Gasteiger partial charge in [0.2, 0.25) is 0 Å². The normalized spacial score (nSPS) is 11.9. The van der Waals surface area contributed by atoms with Crippen molar-refractivity contribution < 1.29 is 50.7 Å². The van der Waals surface area contributed by atoms with Gasteiger partial charge in [-0.2, -0.15) is 12.1 Å². The van der Waals surface area contributed by atoms with Crippen LogP contribution in [0, 0.1) is 25.7 Å². The molecule has 0 unspecified atom stereocenters. The molecule has 0 bridgehead atoms. The van der Waals surface area contributed by atoms with E-state index < -0.39 is 0 Å². The zero-order valence-corrected chi connectivity index (χ0v) is 45.3. The van der Waals surface area contributed by atoms with Crippen molar-refractivity contribution in [3.05, 3.63) is 144 Å². The molecule has 0 heterocycles. The molecule has 0 spiro atoms. The van der Waals surface area contributed by atoms with Gasteiger partial charge in [0.05, 0.1) is 0 Å². The summed E-state index contributed by atoms with van der Waals surface area (Å²) >= 11 is 0. The van der Waals surface area contributed by atoms with E-state index in [2.05, 4.69) is 222 Å². The Morgan fingerprint density at radius 3 is 0.950 bits per heavy atom. The SMILES string of the molecule is CC(C)Cc1cc2c(-c3cc(C(C)(C)C)cc(C(C)(C)C)c3)cccc2[cH-]1.CC(C)Cc1cc2c(-c3cc(C(C)(C)C)cc(C(C)(C)C)c3)cccc2[cH-]1.[CH2-]C[CH2-].[Cl-].[Cl-].[Hf]. The quantitative estimate of drug-likeness (QED) is 0.115. The Balaban J connectivity index is 0.000000538. The predicted octanol–water partition coefficient (Wildman–Crippen LogP) is 11.1. The summed E-state index contributed by atoms with van der Waals surface area (Å²) in [4.78, 5) is 0. The number of rotatable bonds is 6. The summed E-state index contributed by atoms with van der Waals surface area (Å²) in [6.07, 6.45) is 3.03. The Labute approximate surface area is 399 Å². The van der Waals surface area contributed by atoms with E-state index in [-0.39, 0.29) is 72.3 Å². The number of fused-ring (bicyclic) bond motifs is 2. The maximum atomic E-state index is 3.38. The molecule has 0 saturated carbocycles. The van der Waals surface area contributed by atoms with Crippen LogP contribution in [0.4, 0.5) is 0 Å². The van der Waals surface area contributed by atoms with Gasteiger partial charge in [-0.05, 0) is 79.7 Å². The van der Waals surface area contributed by atoms with E-state index in [1.165, 1.54) is 77.2 Å². The van der Waals surface area contributed by atoms with E-state index in [1.54, 1.807) is 0 Å². The second kappa shape index (κ2) is 22.3. The van der Waals surface area contributed by atoms with Crippen LogP contribution in [0.1, 0.15) is 151 Å². The molecule has 0 saturated heterocycles. The van der Waals surface area contributed by atoms with Crippen molar-refractivity contribution in [1.82, 2.24) is 0 Å². The van der Waals surface area contributed by atoms with Crippen LogP contribution in [0.5, 0.6) is 0 Å². The Bertz CT molecular complexity index is 2010. The van der Waals surface area contributed by atoms with Gasteiger partial charge in [-0.15, -0.1) is 69.1 Å². The van der Waals surface area contributed by atoms with Crippen LogP contribution < -0.4 is 24.8 Å². The zero-order chi connectivity index (χ0) is 42.7. The van der Waals surface area contributed by atoms with Crippen molar-refractivity contribution in [2.45, 2.75) is 152 Å². The van der Waals surface area contributed by atoms with E-state index >= 15 is 0 Å². The van der Waals surface area contributed by atoms with Crippen LogP contribution in [-0.4, -0.2) is 0 Å². The fraction of sp³-hybridized carbons (Fsp3) is 0.439. The van der Waals surface area contributed by atoms with Crippen LogP contribution in [0.2, 0.25) is 0 Å². The number of benzene rings is 4. The minimum Gasteiger partial charge on any atom is -1.00 e. The molecule has 328 valence electrons. The van der Waals surface area contributed by atoms with Gasteiger partial charge in [-0.1, -0.05) is 170 Å². The first-order valence-electron chi connectivity index (χ1n) is 21.6. The molecular formula is C57H76Cl2Hf-6. The van der Waals surface area contributed by atoms with Gasteiger partial charge in [0.15, 0.2) is 0 Å². The Kier molecular flexibility index (Phi) is 20.6. The van der Waals surface area contributed by atoms with Crippen LogP contribution in [-0.2, 0) is 60.3 Å². The summed E-state index contributed by atoms with van der Waals surface area (Å²) in [7, 11) is 0. The van der Waals surface area contributed by atoms with Gasteiger partial charge in [-0.25, -0.2) is 0 Å². The van der Waals surface area contributed by atoms with Crippen LogP contribution >= 0.6 is 0 Å². The molecule has 0 fully saturated rings. The minimum absolute atomic E-state index is 0. The fourth-order valence-corrected chi connectivity index (χ4v) is 7.57. The Morgan fingerprint density at radius 2 is 0.717 bits per heavy atom. The Hall–Kier alpha value is -2.45. The largest absolute Gasteiger partial charge is 1.00 e. The van der Waals surface area contributed by atoms with Crippen LogP contribution in [0.15, 0.2) is 97.1 Å². The molecule has 0 N–H and O–H groups in total. The maximum Gasteiger partial charge on any atom is 0 e. The maximum absolute atomic E-state index is 3.38. The zero-order valence-electron chi connectivity index (χ0n) is 40.2. The molecule has 0 aromatic heterocycles. The van der Waals surface area contributed by atoms with Gasteiger partial charge in [0.1, 0.15) is 0 Å². The van der Waals surface area contributed by atoms with Crippen molar-refractivity contribution in [3.63, 3.8) is 0 Å². The van der Waals surface area contributed by atoms with E-state index in [4.69, 9.17) is 0 Å². The molecule has 0 aliphatic heterocycles. The monoisotopic (exact) mass is 1010 g/mol. The van der Waals surface area contributed by atoms with E-state index in [9.17, 15) is 0 Å². The molecule has 6 rings (SSSR count). The third-order valence-electron chi connectivity index (χ3n) is 10.9. The molecule has 0 aliphatic rings. The molecule has 0 amide bonds. The summed E-state index contributed by atoms with van der Waals surface area (Å²) in [5.41, 5.74) is 14.5. The van der Waals surface area contributed by atoms with E-state index in [1.807, 2.05) is 0 Å². The summed E-state index contributed by atoms with van der Waals surface area (Å²) in [5, 5.41) is 5.50. The number of halogens is 2. The van der Waals surface area contributed by atoms with E-state index in [0.29, 0.717) is 11.8 Å². The first-order chi connectivity index (χ1) is 26.3. The van der Waals surface area contributed by atoms with Crippen LogP contribution in [0.25, 0.3) is 43.8 Å². The summed E-state index contributed by atoms with van der Waals surface area (Å²) in [6, 6.07) is 37.5. The Morgan fingerprint density at radius 1 is 0.450 bits per heavy atom. The van der Waals surface area contributed by atoms with Crippen molar-refractivity contribution in [2.75, 3.05) is 0 Å². The van der Waals surface area contributed by atoms with Gasteiger partial charge >= 0.3 is 0 Å². The number of hydrogen-bond acceptors (Lipinski definition) is 0. The van der Waals surface area contributed by atoms with Gasteiger partial charge in [-0.3, -0.25) is 0 Å². The van der Waals surface area contributed by atoms with Crippen molar-refractivity contribution in [2.24, 2.45) is 11.8 Å². The molecule has 6 aromatic rings. The van der Waals surface area contributed by atoms with E-state index in [0.717, 1.165) is 19.3 Å². The number of hydrogen-bond donors (Lipinski definition) is 0. The molecule has 0 radical (unpaired) electrons. The smallest absolute Gasteiger partial charge is 0 e. The van der Waals surface area contributed by atoms with Gasteiger partial charge in [0, 0.05) is 25.8 Å². The van der Waals surface area contributed by atoms with Gasteiger partial charge in [0.25, 0.3) is 0 Å². The van der Waals surface area contributed by atoms with Crippen molar-refractivity contribution in [3.8, 4) is 22.3 Å². The topological polar surface area (TPSA) is 0 Å². The molecule has 0 aliphatic carbocycles. The van der Waals surface area contributed by atoms with Crippen molar-refractivity contribution in [1.29, 1.82) is 0 Å². The molecule has 0 nitrogen and oxygen atoms in total. The first-order valence-corrected chi connectivity index (χ1v) is 21.6. The second-order valence-electron chi connectivity index (χ2n) is 21.5. The van der Waals surface area contributed by atoms with Crippen molar-refractivity contribution >= 4 is 21.5 Å². The molecule has 0 atom stereocenters. The third kappa shape index (κ3) is 14.8. The average molecular weight is 1010 g/mol. The first kappa shape index (κ1) is 55.6. The predicted molar refractivity (Wildman–Crippen MR) is 257 cm³/mol. The average Bonchev–Trinajstić information content (AvgIpc) is 3.69. The summed E-state index contributed by atoms with van der Waals surface area (Å²) in [6.45, 7) is 43.6. The van der Waals surface area contributed by atoms with Crippen LogP contribution in [0.3, 0.4) is 0 Å². The molecule has 60 heavy (non-hydrogen) atoms. The molecule has 3 heteroatoms. The summed E-state index contributed by atoms with van der Waals surface area (Å²) in [5.74, 6) is 1.36. The molecule has 6 aromatic carbocycles. The standard InChI is InChI=1S/2C27H35.C3H6.2ClH.Hf/c2*1-18(2)12-19-13-20-10-9-11-24(25(20)14-19)21-15-22(26(3,4)5)17-23(16-21)27(6,7)8;1-3-2;;;/h2*9-11,13-18H,12H2,1-8H3;1-3H2;2*1H;/q2*-1;-2;;;/p-2. The second-order valence-corrected chi connectivity index (χ2v) is 21.5. The minimum atomic E-state index is 0.